The Labute approximate surface area is 202 Å². The quantitative estimate of drug-likeness (QED) is 0.262. The fraction of sp³-hybridized carbons (Fsp3) is 0.304. The van der Waals surface area contributed by atoms with Gasteiger partial charge in [-0.3, -0.25) is 9.59 Å². The molecular formula is C23H28N4O8. The molecule has 0 unspecified atom stereocenters. The van der Waals surface area contributed by atoms with Crippen LogP contribution in [0.25, 0.3) is 0 Å². The minimum absolute atomic E-state index is 0.457. The van der Waals surface area contributed by atoms with E-state index >= 15 is 0 Å². The number of amides is 2. The molecule has 0 atom stereocenters. The third-order valence-corrected chi connectivity index (χ3v) is 4.58. The number of hydrogen-bond donors (Lipinski definition) is 2. The zero-order valence-corrected chi connectivity index (χ0v) is 20.3. The topological polar surface area (TPSA) is 138 Å². The van der Waals surface area contributed by atoms with Gasteiger partial charge in [-0.1, -0.05) is 0 Å². The molecule has 2 rings (SSSR count). The molecule has 0 saturated heterocycles. The lowest BCUT2D eigenvalue weighted by atomic mass is 10.2. The Morgan fingerprint density at radius 3 is 1.23 bits per heavy atom. The smallest absolute Gasteiger partial charge is 0.249 e. The summed E-state index contributed by atoms with van der Waals surface area (Å²) >= 11 is 0. The van der Waals surface area contributed by atoms with E-state index in [2.05, 4.69) is 21.1 Å². The van der Waals surface area contributed by atoms with Crippen molar-refractivity contribution in [2.45, 2.75) is 6.42 Å². The molecule has 2 N–H and O–H groups in total. The van der Waals surface area contributed by atoms with Crippen molar-refractivity contribution in [3.8, 4) is 34.5 Å². The number of methoxy groups -OCH3 is 6. The molecule has 0 aliphatic rings. The number of nitrogens with zero attached hydrogens (tertiary/aromatic N) is 2. The fourth-order valence-electron chi connectivity index (χ4n) is 2.88. The maximum Gasteiger partial charge on any atom is 0.249 e. The number of nitrogens with one attached hydrogen (secondary N) is 2. The van der Waals surface area contributed by atoms with E-state index in [9.17, 15) is 9.59 Å². The molecule has 0 saturated carbocycles. The third-order valence-electron chi connectivity index (χ3n) is 4.58. The van der Waals surface area contributed by atoms with Crippen LogP contribution in [0.15, 0.2) is 34.5 Å². The highest BCUT2D eigenvalue weighted by molar-refractivity contribution is 5.97. The van der Waals surface area contributed by atoms with Gasteiger partial charge >= 0.3 is 0 Å². The van der Waals surface area contributed by atoms with Crippen LogP contribution in [0, 0.1) is 0 Å². The first-order valence-corrected chi connectivity index (χ1v) is 10.1. The van der Waals surface area contributed by atoms with Crippen LogP contribution in [0.2, 0.25) is 0 Å². The molecule has 0 spiro atoms. The summed E-state index contributed by atoms with van der Waals surface area (Å²) in [7, 11) is 8.97. The van der Waals surface area contributed by atoms with Crippen molar-refractivity contribution < 1.29 is 38.0 Å². The number of hydrogen-bond acceptors (Lipinski definition) is 10. The molecule has 0 radical (unpaired) electrons. The minimum atomic E-state index is -0.642. The van der Waals surface area contributed by atoms with Gasteiger partial charge in [0.05, 0.1) is 55.1 Å². The Balaban J connectivity index is 1.97. The molecule has 188 valence electrons. The van der Waals surface area contributed by atoms with Gasteiger partial charge in [0, 0.05) is 23.3 Å². The molecule has 2 amide bonds. The summed E-state index contributed by atoms with van der Waals surface area (Å²) in [6.07, 6.45) is 2.22. The molecule has 0 aromatic heterocycles. The van der Waals surface area contributed by atoms with E-state index in [0.717, 1.165) is 0 Å². The van der Waals surface area contributed by atoms with Crippen molar-refractivity contribution >= 4 is 24.2 Å². The van der Waals surface area contributed by atoms with Crippen molar-refractivity contribution in [3.05, 3.63) is 35.4 Å². The maximum atomic E-state index is 12.0. The maximum absolute atomic E-state index is 12.0. The molecule has 2 aromatic rings. The minimum Gasteiger partial charge on any atom is -0.496 e. The van der Waals surface area contributed by atoms with Crippen molar-refractivity contribution in [2.75, 3.05) is 42.7 Å². The lowest BCUT2D eigenvalue weighted by molar-refractivity contribution is -0.129. The number of hydrazone groups is 2. The highest BCUT2D eigenvalue weighted by Crippen LogP contribution is 2.34. The molecule has 12 heteroatoms. The first kappa shape index (κ1) is 26.8. The number of rotatable bonds is 12. The molecule has 12 nitrogen and oxygen atoms in total. The van der Waals surface area contributed by atoms with Gasteiger partial charge in [0.25, 0.3) is 0 Å². The van der Waals surface area contributed by atoms with Crippen molar-refractivity contribution in [2.24, 2.45) is 10.2 Å². The molecule has 0 aliphatic heterocycles. The third kappa shape index (κ3) is 7.25. The van der Waals surface area contributed by atoms with Crippen molar-refractivity contribution in [1.29, 1.82) is 0 Å². The second-order valence-electron chi connectivity index (χ2n) is 6.66. The summed E-state index contributed by atoms with van der Waals surface area (Å²) in [6.45, 7) is 0. The van der Waals surface area contributed by atoms with Crippen LogP contribution in [0.5, 0.6) is 34.5 Å². The summed E-state index contributed by atoms with van der Waals surface area (Å²) in [6, 6.07) is 6.52. The van der Waals surface area contributed by atoms with Crippen molar-refractivity contribution in [1.82, 2.24) is 10.9 Å². The SMILES string of the molecule is COc1cc(OC)c(OC)cc1C=NNC(=O)CC(=O)NN=Cc1cc(OC)c(OC)cc1OC. The monoisotopic (exact) mass is 488 g/mol. The highest BCUT2D eigenvalue weighted by Gasteiger charge is 2.13. The highest BCUT2D eigenvalue weighted by atomic mass is 16.5. The lowest BCUT2D eigenvalue weighted by Gasteiger charge is -2.11. The summed E-state index contributed by atoms with van der Waals surface area (Å²) in [4.78, 5) is 24.1. The first-order valence-electron chi connectivity index (χ1n) is 10.1. The lowest BCUT2D eigenvalue weighted by Crippen LogP contribution is -2.27. The average Bonchev–Trinajstić information content (AvgIpc) is 2.87. The summed E-state index contributed by atoms with van der Waals surface area (Å²) in [5, 5.41) is 7.72. The van der Waals surface area contributed by atoms with Crippen LogP contribution in [0.4, 0.5) is 0 Å². The number of carbonyl (C=O) groups is 2. The van der Waals surface area contributed by atoms with Crippen LogP contribution in [0.3, 0.4) is 0 Å². The van der Waals surface area contributed by atoms with Crippen molar-refractivity contribution in [3.63, 3.8) is 0 Å². The number of carbonyl (C=O) groups excluding carboxylic acids is 2. The number of benzene rings is 2. The molecule has 0 heterocycles. The Morgan fingerprint density at radius 1 is 0.600 bits per heavy atom. The van der Waals surface area contributed by atoms with Gasteiger partial charge in [0.15, 0.2) is 23.0 Å². The van der Waals surface area contributed by atoms with E-state index in [1.807, 2.05) is 0 Å². The summed E-state index contributed by atoms with van der Waals surface area (Å²) < 4.78 is 31.5. The molecule has 0 aliphatic carbocycles. The molecule has 0 fully saturated rings. The zero-order valence-electron chi connectivity index (χ0n) is 20.3. The van der Waals surface area contributed by atoms with E-state index in [4.69, 9.17) is 28.4 Å². The molecule has 0 bridgehead atoms. The summed E-state index contributed by atoms with van der Waals surface area (Å²) in [5.74, 6) is 1.52. The van der Waals surface area contributed by atoms with Gasteiger partial charge in [-0.05, 0) is 12.1 Å². The van der Waals surface area contributed by atoms with Crippen LogP contribution in [-0.2, 0) is 9.59 Å². The molecule has 2 aromatic carbocycles. The second kappa shape index (κ2) is 13.3. The predicted molar refractivity (Wildman–Crippen MR) is 128 cm³/mol. The molecule has 35 heavy (non-hydrogen) atoms. The predicted octanol–water partition coefficient (Wildman–Crippen LogP) is 1.73. The van der Waals surface area contributed by atoms with Crippen LogP contribution in [0.1, 0.15) is 17.5 Å². The van der Waals surface area contributed by atoms with E-state index in [-0.39, 0.29) is 0 Å². The van der Waals surface area contributed by atoms with Gasteiger partial charge in [-0.25, -0.2) is 10.9 Å². The van der Waals surface area contributed by atoms with Gasteiger partial charge in [-0.2, -0.15) is 10.2 Å². The Kier molecular flexibility index (Phi) is 10.2. The zero-order chi connectivity index (χ0) is 25.8. The van der Waals surface area contributed by atoms with E-state index in [0.29, 0.717) is 45.6 Å². The Bertz CT molecular complexity index is 1020. The van der Waals surface area contributed by atoms with E-state index in [1.54, 1.807) is 24.3 Å². The molecular weight excluding hydrogens is 460 g/mol. The van der Waals surface area contributed by atoms with Crippen LogP contribution in [-0.4, -0.2) is 66.9 Å². The Morgan fingerprint density at radius 2 is 0.914 bits per heavy atom. The van der Waals surface area contributed by atoms with Gasteiger partial charge in [-0.15, -0.1) is 0 Å². The van der Waals surface area contributed by atoms with Gasteiger partial charge < -0.3 is 28.4 Å². The van der Waals surface area contributed by atoms with Crippen LogP contribution >= 0.6 is 0 Å². The normalized spacial score (nSPS) is 10.7. The Hall–Kier alpha value is -4.48. The number of ether oxygens (including phenoxy) is 6. The fourth-order valence-corrected chi connectivity index (χ4v) is 2.88. The van der Waals surface area contributed by atoms with E-state index < -0.39 is 18.2 Å². The van der Waals surface area contributed by atoms with Gasteiger partial charge in [0.1, 0.15) is 17.9 Å². The second-order valence-corrected chi connectivity index (χ2v) is 6.66. The van der Waals surface area contributed by atoms with Crippen LogP contribution < -0.4 is 39.3 Å². The first-order chi connectivity index (χ1) is 16.9. The average molecular weight is 488 g/mol. The summed E-state index contributed by atoms with van der Waals surface area (Å²) in [5.41, 5.74) is 5.61. The standard InChI is InChI=1S/C23H28N4O8/c1-30-16-9-20(34-5)18(32-3)7-14(16)12-24-26-22(28)11-23(29)27-25-13-15-8-19(33-4)21(35-6)10-17(15)31-2/h7-10,12-13H,11H2,1-6H3,(H,26,28)(H,27,29). The van der Waals surface area contributed by atoms with Gasteiger partial charge in [0.2, 0.25) is 11.8 Å². The largest absolute Gasteiger partial charge is 0.496 e. The van der Waals surface area contributed by atoms with E-state index in [1.165, 1.54) is 55.1 Å².